The molecule has 3 heteroatoms. The van der Waals surface area contributed by atoms with Gasteiger partial charge in [-0.05, 0) is 64.9 Å². The summed E-state index contributed by atoms with van der Waals surface area (Å²) in [6.07, 6.45) is 1.07. The van der Waals surface area contributed by atoms with Crippen molar-refractivity contribution in [1.82, 2.24) is 0 Å². The van der Waals surface area contributed by atoms with E-state index < -0.39 is 0 Å². The van der Waals surface area contributed by atoms with Crippen LogP contribution >= 0.6 is 22.6 Å². The normalized spacial score (nSPS) is 10.4. The quantitative estimate of drug-likeness (QED) is 0.663. The van der Waals surface area contributed by atoms with Gasteiger partial charge in [0.15, 0.2) is 0 Å². The van der Waals surface area contributed by atoms with Crippen molar-refractivity contribution in [2.24, 2.45) is 0 Å². The molecule has 0 aromatic heterocycles. The van der Waals surface area contributed by atoms with Gasteiger partial charge in [0.2, 0.25) is 0 Å². The topological polar surface area (TPSA) is 29.3 Å². The Morgan fingerprint density at radius 2 is 1.78 bits per heavy atom. The SMILES string of the molecule is CCc1ccc(N(C)c2ccc(N)cc2I)cc1. The van der Waals surface area contributed by atoms with E-state index in [-0.39, 0.29) is 0 Å². The summed E-state index contributed by atoms with van der Waals surface area (Å²) in [7, 11) is 2.08. The molecule has 2 nitrogen and oxygen atoms in total. The lowest BCUT2D eigenvalue weighted by molar-refractivity contribution is 1.13. The molecule has 0 saturated heterocycles. The average molecular weight is 352 g/mol. The number of nitrogens with two attached hydrogens (primary N) is 1. The van der Waals surface area contributed by atoms with Crippen LogP contribution in [0.25, 0.3) is 0 Å². The highest BCUT2D eigenvalue weighted by atomic mass is 127. The highest BCUT2D eigenvalue weighted by Gasteiger charge is 2.07. The molecule has 2 rings (SSSR count). The maximum atomic E-state index is 5.78. The van der Waals surface area contributed by atoms with E-state index in [0.717, 1.165) is 15.7 Å². The molecule has 94 valence electrons. The number of anilines is 3. The van der Waals surface area contributed by atoms with Crippen LogP contribution in [-0.4, -0.2) is 7.05 Å². The minimum absolute atomic E-state index is 0.804. The predicted molar refractivity (Wildman–Crippen MR) is 87.5 cm³/mol. The second-order valence-corrected chi connectivity index (χ2v) is 5.45. The highest BCUT2D eigenvalue weighted by Crippen LogP contribution is 2.29. The van der Waals surface area contributed by atoms with Crippen molar-refractivity contribution in [3.05, 3.63) is 51.6 Å². The number of nitrogen functional groups attached to an aromatic ring is 1. The monoisotopic (exact) mass is 352 g/mol. The van der Waals surface area contributed by atoms with Crippen LogP contribution in [0.4, 0.5) is 17.1 Å². The van der Waals surface area contributed by atoms with Gasteiger partial charge >= 0.3 is 0 Å². The van der Waals surface area contributed by atoms with Crippen LogP contribution in [-0.2, 0) is 6.42 Å². The lowest BCUT2D eigenvalue weighted by atomic mass is 10.1. The first-order valence-corrected chi connectivity index (χ1v) is 7.07. The number of hydrogen-bond donors (Lipinski definition) is 1. The molecule has 0 aliphatic heterocycles. The van der Waals surface area contributed by atoms with Crippen molar-refractivity contribution in [1.29, 1.82) is 0 Å². The van der Waals surface area contributed by atoms with E-state index in [2.05, 4.69) is 71.8 Å². The molecule has 18 heavy (non-hydrogen) atoms. The first-order chi connectivity index (χ1) is 8.61. The third-order valence-corrected chi connectivity index (χ3v) is 3.93. The van der Waals surface area contributed by atoms with Crippen LogP contribution in [0.3, 0.4) is 0 Å². The molecule has 0 bridgehead atoms. The molecule has 0 spiro atoms. The molecule has 0 saturated carbocycles. The minimum Gasteiger partial charge on any atom is -0.399 e. The van der Waals surface area contributed by atoms with Gasteiger partial charge in [0.05, 0.1) is 5.69 Å². The fourth-order valence-corrected chi connectivity index (χ4v) is 2.79. The number of nitrogens with zero attached hydrogens (tertiary/aromatic N) is 1. The van der Waals surface area contributed by atoms with E-state index in [1.165, 1.54) is 16.9 Å². The van der Waals surface area contributed by atoms with Crippen LogP contribution in [0.15, 0.2) is 42.5 Å². The second kappa shape index (κ2) is 5.61. The van der Waals surface area contributed by atoms with Crippen LogP contribution in [0.2, 0.25) is 0 Å². The summed E-state index contributed by atoms with van der Waals surface area (Å²) in [5.74, 6) is 0. The number of hydrogen-bond acceptors (Lipinski definition) is 2. The summed E-state index contributed by atoms with van der Waals surface area (Å²) in [5, 5.41) is 0. The zero-order valence-corrected chi connectivity index (χ0v) is 12.8. The zero-order chi connectivity index (χ0) is 13.1. The van der Waals surface area contributed by atoms with Crippen molar-refractivity contribution in [3.63, 3.8) is 0 Å². The highest BCUT2D eigenvalue weighted by molar-refractivity contribution is 14.1. The Balaban J connectivity index is 2.31. The number of benzene rings is 2. The van der Waals surface area contributed by atoms with E-state index in [4.69, 9.17) is 5.73 Å². The predicted octanol–water partition coefficient (Wildman–Crippen LogP) is 4.20. The molecule has 0 atom stereocenters. The largest absolute Gasteiger partial charge is 0.399 e. The zero-order valence-electron chi connectivity index (χ0n) is 10.7. The summed E-state index contributed by atoms with van der Waals surface area (Å²) < 4.78 is 1.16. The minimum atomic E-state index is 0.804. The maximum Gasteiger partial charge on any atom is 0.0545 e. The van der Waals surface area contributed by atoms with Gasteiger partial charge in [-0.15, -0.1) is 0 Å². The fourth-order valence-electron chi connectivity index (χ4n) is 1.89. The third-order valence-electron chi connectivity index (χ3n) is 3.06. The van der Waals surface area contributed by atoms with Crippen molar-refractivity contribution in [2.75, 3.05) is 17.7 Å². The van der Waals surface area contributed by atoms with E-state index in [9.17, 15) is 0 Å². The lowest BCUT2D eigenvalue weighted by Gasteiger charge is -2.21. The Hall–Kier alpha value is -1.23. The Morgan fingerprint density at radius 1 is 1.11 bits per heavy atom. The van der Waals surface area contributed by atoms with Gasteiger partial charge in [0.25, 0.3) is 0 Å². The van der Waals surface area contributed by atoms with Gasteiger partial charge < -0.3 is 10.6 Å². The molecule has 0 aliphatic carbocycles. The van der Waals surface area contributed by atoms with Crippen molar-refractivity contribution in [2.45, 2.75) is 13.3 Å². The Kier molecular flexibility index (Phi) is 4.11. The van der Waals surface area contributed by atoms with Gasteiger partial charge in [-0.25, -0.2) is 0 Å². The van der Waals surface area contributed by atoms with Gasteiger partial charge in [-0.1, -0.05) is 19.1 Å². The van der Waals surface area contributed by atoms with Crippen molar-refractivity contribution in [3.8, 4) is 0 Å². The van der Waals surface area contributed by atoms with E-state index in [0.29, 0.717) is 0 Å². The van der Waals surface area contributed by atoms with E-state index in [1.807, 2.05) is 12.1 Å². The third kappa shape index (κ3) is 2.77. The fraction of sp³-hybridized carbons (Fsp3) is 0.200. The van der Waals surface area contributed by atoms with Gasteiger partial charge in [-0.3, -0.25) is 0 Å². The van der Waals surface area contributed by atoms with E-state index in [1.54, 1.807) is 0 Å². The summed E-state index contributed by atoms with van der Waals surface area (Å²) in [6, 6.07) is 14.7. The summed E-state index contributed by atoms with van der Waals surface area (Å²) >= 11 is 2.32. The first kappa shape index (κ1) is 13.2. The number of rotatable bonds is 3. The molecule has 0 radical (unpaired) electrons. The maximum absolute atomic E-state index is 5.78. The van der Waals surface area contributed by atoms with Crippen LogP contribution in [0.5, 0.6) is 0 Å². The molecule has 2 aromatic rings. The van der Waals surface area contributed by atoms with Gasteiger partial charge in [0.1, 0.15) is 0 Å². The molecular weight excluding hydrogens is 335 g/mol. The smallest absolute Gasteiger partial charge is 0.0545 e. The Labute approximate surface area is 122 Å². The average Bonchev–Trinajstić information content (AvgIpc) is 2.38. The Morgan fingerprint density at radius 3 is 2.33 bits per heavy atom. The molecule has 0 aliphatic rings. The second-order valence-electron chi connectivity index (χ2n) is 4.29. The summed E-state index contributed by atoms with van der Waals surface area (Å²) in [4.78, 5) is 2.18. The molecule has 0 fully saturated rings. The van der Waals surface area contributed by atoms with Crippen LogP contribution < -0.4 is 10.6 Å². The molecule has 0 amide bonds. The van der Waals surface area contributed by atoms with Crippen molar-refractivity contribution < 1.29 is 0 Å². The standard InChI is InChI=1S/C15H17IN2/c1-3-11-4-7-13(8-5-11)18(2)15-9-6-12(17)10-14(15)16/h4-10H,3,17H2,1-2H3. The first-order valence-electron chi connectivity index (χ1n) is 5.99. The van der Waals surface area contributed by atoms with Crippen LogP contribution in [0, 0.1) is 3.57 Å². The van der Waals surface area contributed by atoms with Crippen molar-refractivity contribution >= 4 is 39.7 Å². The van der Waals surface area contributed by atoms with Crippen LogP contribution in [0.1, 0.15) is 12.5 Å². The lowest BCUT2D eigenvalue weighted by Crippen LogP contribution is -2.11. The molecule has 0 heterocycles. The van der Waals surface area contributed by atoms with Gasteiger partial charge in [0, 0.05) is 22.0 Å². The molecular formula is C15H17IN2. The summed E-state index contributed by atoms with van der Waals surface area (Å²) in [6.45, 7) is 2.17. The number of aryl methyl sites for hydroxylation is 1. The van der Waals surface area contributed by atoms with Gasteiger partial charge in [-0.2, -0.15) is 0 Å². The van der Waals surface area contributed by atoms with E-state index >= 15 is 0 Å². The summed E-state index contributed by atoms with van der Waals surface area (Å²) in [5.41, 5.74) is 10.3. The molecule has 2 N–H and O–H groups in total. The molecule has 2 aromatic carbocycles. The molecule has 0 unspecified atom stereocenters. The Bertz CT molecular complexity index is 535. The number of halogens is 1.